The van der Waals surface area contributed by atoms with Gasteiger partial charge in [0.2, 0.25) is 11.8 Å². The summed E-state index contributed by atoms with van der Waals surface area (Å²) in [6.07, 6.45) is 2.73. The number of β-lactam (4-membered cyclic amide) rings is 1. The molecule has 1 aromatic heterocycles. The van der Waals surface area contributed by atoms with Gasteiger partial charge in [-0.25, -0.2) is 4.79 Å². The van der Waals surface area contributed by atoms with Crippen molar-refractivity contribution in [2.45, 2.75) is 65.0 Å². The highest BCUT2D eigenvalue weighted by Crippen LogP contribution is 2.42. The van der Waals surface area contributed by atoms with Gasteiger partial charge in [-0.1, -0.05) is 19.9 Å². The van der Waals surface area contributed by atoms with E-state index in [0.29, 0.717) is 6.42 Å². The number of pyridine rings is 1. The van der Waals surface area contributed by atoms with Crippen LogP contribution in [-0.2, 0) is 32.0 Å². The molecule has 1 fully saturated rings. The number of carbonyl (C=O) groups is 3. The van der Waals surface area contributed by atoms with E-state index in [1.54, 1.807) is 31.3 Å². The Balaban J connectivity index is 1.48. The summed E-state index contributed by atoms with van der Waals surface area (Å²) in [5, 5.41) is 0. The van der Waals surface area contributed by atoms with Gasteiger partial charge in [0.25, 0.3) is 0 Å². The fraction of sp³-hybridized carbons (Fsp3) is 0.462. The molecule has 2 aromatic rings. The molecule has 2 aliphatic rings. The first-order chi connectivity index (χ1) is 16.6. The molecule has 9 heteroatoms. The largest absolute Gasteiger partial charge is 0.464 e. The van der Waals surface area contributed by atoms with Crippen molar-refractivity contribution in [2.75, 3.05) is 6.61 Å². The van der Waals surface area contributed by atoms with Gasteiger partial charge < -0.3 is 14.2 Å². The van der Waals surface area contributed by atoms with E-state index in [9.17, 15) is 18.8 Å². The number of halogens is 1. The van der Waals surface area contributed by atoms with E-state index in [2.05, 4.69) is 4.98 Å². The number of likely N-dealkylation sites (tertiary alicyclic amines) is 1. The molecule has 4 rings (SSSR count). The molecule has 2 amide bonds. The smallest absolute Gasteiger partial charge is 0.404 e. The molecule has 186 valence electrons. The second kappa shape index (κ2) is 9.64. The molecule has 0 bridgehead atoms. The van der Waals surface area contributed by atoms with Gasteiger partial charge in [0.1, 0.15) is 6.04 Å². The van der Waals surface area contributed by atoms with E-state index < -0.39 is 35.8 Å². The van der Waals surface area contributed by atoms with Crippen LogP contribution in [0.4, 0.5) is 4.39 Å². The molecule has 0 saturated carbocycles. The molecule has 3 heterocycles. The molecular weight excluding hydrogens is 455 g/mol. The average molecular weight is 485 g/mol. The Morgan fingerprint density at radius 3 is 2.66 bits per heavy atom. The highest BCUT2D eigenvalue weighted by Gasteiger charge is 2.55. The summed E-state index contributed by atoms with van der Waals surface area (Å²) in [5.74, 6) is -1.91. The van der Waals surface area contributed by atoms with Crippen LogP contribution in [0.15, 0.2) is 36.5 Å². The SMILES string of the molecule is CCOC(=O)[C@@H]1[C@@H](Cc2ccnc(CC)c2)C(=O)N1C(=O)C[C@H](C)c1ccc2c(c1)OC(C)(F)O2. The maximum atomic E-state index is 14.0. The third-order valence-corrected chi connectivity index (χ3v) is 6.31. The topological polar surface area (TPSA) is 95.0 Å². The van der Waals surface area contributed by atoms with E-state index in [4.69, 9.17) is 14.2 Å². The highest BCUT2D eigenvalue weighted by atomic mass is 19.2. The minimum absolute atomic E-state index is 0.0177. The van der Waals surface area contributed by atoms with Gasteiger partial charge in [-0.05, 0) is 61.1 Å². The van der Waals surface area contributed by atoms with Crippen LogP contribution in [0.25, 0.3) is 0 Å². The molecule has 1 unspecified atom stereocenters. The van der Waals surface area contributed by atoms with Crippen molar-refractivity contribution in [3.05, 3.63) is 53.3 Å². The lowest BCUT2D eigenvalue weighted by Crippen LogP contribution is -2.67. The zero-order valence-electron chi connectivity index (χ0n) is 20.2. The maximum absolute atomic E-state index is 14.0. The zero-order valence-corrected chi connectivity index (χ0v) is 20.2. The van der Waals surface area contributed by atoms with Crippen molar-refractivity contribution in [2.24, 2.45) is 5.92 Å². The minimum Gasteiger partial charge on any atom is -0.464 e. The quantitative estimate of drug-likeness (QED) is 0.416. The Morgan fingerprint density at radius 2 is 1.94 bits per heavy atom. The number of rotatable bonds is 8. The molecular formula is C26H29FN2O6. The lowest BCUT2D eigenvalue weighted by atomic mass is 9.81. The van der Waals surface area contributed by atoms with Gasteiger partial charge in [0.05, 0.1) is 12.5 Å². The monoisotopic (exact) mass is 484 g/mol. The van der Waals surface area contributed by atoms with E-state index in [0.717, 1.165) is 35.1 Å². The number of alkyl halides is 1. The summed E-state index contributed by atoms with van der Waals surface area (Å²) < 4.78 is 29.4. The Bertz CT molecular complexity index is 1150. The number of ether oxygens (including phenoxy) is 3. The normalized spacial score (nSPS) is 23.6. The average Bonchev–Trinajstić information content (AvgIpc) is 3.13. The van der Waals surface area contributed by atoms with Gasteiger partial charge in [0, 0.05) is 25.2 Å². The Kier molecular flexibility index (Phi) is 6.78. The molecule has 1 saturated heterocycles. The third kappa shape index (κ3) is 4.99. The number of amides is 2. The number of imide groups is 1. The number of esters is 1. The van der Waals surface area contributed by atoms with E-state index in [1.807, 2.05) is 26.0 Å². The fourth-order valence-electron chi connectivity index (χ4n) is 4.51. The first kappa shape index (κ1) is 24.6. The Morgan fingerprint density at radius 1 is 1.20 bits per heavy atom. The van der Waals surface area contributed by atoms with Crippen LogP contribution < -0.4 is 9.47 Å². The highest BCUT2D eigenvalue weighted by molar-refractivity contribution is 6.08. The number of hydrogen-bond acceptors (Lipinski definition) is 7. The van der Waals surface area contributed by atoms with Crippen LogP contribution in [0.1, 0.15) is 56.9 Å². The number of benzene rings is 1. The summed E-state index contributed by atoms with van der Waals surface area (Å²) in [5.41, 5.74) is 2.49. The van der Waals surface area contributed by atoms with Crippen molar-refractivity contribution in [3.8, 4) is 11.5 Å². The predicted molar refractivity (Wildman–Crippen MR) is 123 cm³/mol. The van der Waals surface area contributed by atoms with Crippen LogP contribution >= 0.6 is 0 Å². The minimum atomic E-state index is -2.24. The summed E-state index contributed by atoms with van der Waals surface area (Å²) in [6, 6.07) is 5.44. The molecule has 0 aliphatic carbocycles. The third-order valence-electron chi connectivity index (χ3n) is 6.31. The van der Waals surface area contributed by atoms with Crippen molar-refractivity contribution < 1.29 is 33.0 Å². The molecule has 2 aliphatic heterocycles. The summed E-state index contributed by atoms with van der Waals surface area (Å²) in [7, 11) is 0. The molecule has 0 spiro atoms. The van der Waals surface area contributed by atoms with Crippen LogP contribution in [0.3, 0.4) is 0 Å². The van der Waals surface area contributed by atoms with E-state index in [1.165, 1.54) is 0 Å². The standard InChI is InChI=1S/C26H29FN2O6/c1-5-18-12-16(9-10-28-18)13-19-23(25(32)33-6-2)29(24(19)31)22(30)11-15(3)17-7-8-20-21(14-17)35-26(4,27)34-20/h7-10,12,14-15,19,23H,5-6,11,13H2,1-4H3/t15-,19+,23-,26?/m0/s1. The van der Waals surface area contributed by atoms with Crippen LogP contribution in [-0.4, -0.2) is 46.4 Å². The van der Waals surface area contributed by atoms with Crippen LogP contribution in [0.2, 0.25) is 0 Å². The van der Waals surface area contributed by atoms with Crippen LogP contribution in [0, 0.1) is 5.92 Å². The van der Waals surface area contributed by atoms with Gasteiger partial charge in [0.15, 0.2) is 11.5 Å². The van der Waals surface area contributed by atoms with Crippen molar-refractivity contribution >= 4 is 17.8 Å². The van der Waals surface area contributed by atoms with Crippen molar-refractivity contribution in [1.29, 1.82) is 0 Å². The van der Waals surface area contributed by atoms with Gasteiger partial charge in [-0.2, -0.15) is 4.39 Å². The second-order valence-corrected chi connectivity index (χ2v) is 8.97. The second-order valence-electron chi connectivity index (χ2n) is 8.97. The van der Waals surface area contributed by atoms with Gasteiger partial charge in [-0.3, -0.25) is 19.5 Å². The van der Waals surface area contributed by atoms with E-state index in [-0.39, 0.29) is 30.4 Å². The lowest BCUT2D eigenvalue weighted by Gasteiger charge is -2.44. The summed E-state index contributed by atoms with van der Waals surface area (Å²) in [6.45, 7) is 6.79. The number of hydrogen-bond donors (Lipinski definition) is 0. The lowest BCUT2D eigenvalue weighted by molar-refractivity contribution is -0.179. The van der Waals surface area contributed by atoms with Gasteiger partial charge in [-0.15, -0.1) is 0 Å². The van der Waals surface area contributed by atoms with Crippen LogP contribution in [0.5, 0.6) is 11.5 Å². The molecule has 0 N–H and O–H groups in total. The molecule has 35 heavy (non-hydrogen) atoms. The first-order valence-electron chi connectivity index (χ1n) is 11.8. The Labute approximate surface area is 203 Å². The predicted octanol–water partition coefficient (Wildman–Crippen LogP) is 3.71. The number of nitrogens with zero attached hydrogens (tertiary/aromatic N) is 2. The molecule has 4 atom stereocenters. The number of carbonyl (C=O) groups excluding carboxylic acids is 3. The number of fused-ring (bicyclic) bond motifs is 1. The van der Waals surface area contributed by atoms with Crippen molar-refractivity contribution in [1.82, 2.24) is 9.88 Å². The van der Waals surface area contributed by atoms with Crippen molar-refractivity contribution in [3.63, 3.8) is 0 Å². The molecule has 8 nitrogen and oxygen atoms in total. The Hall–Kier alpha value is -3.49. The summed E-state index contributed by atoms with van der Waals surface area (Å²) in [4.78, 5) is 44.2. The first-order valence-corrected chi connectivity index (χ1v) is 11.8. The zero-order chi connectivity index (χ0) is 25.3. The number of aryl methyl sites for hydroxylation is 1. The van der Waals surface area contributed by atoms with E-state index >= 15 is 0 Å². The maximum Gasteiger partial charge on any atom is 0.404 e. The molecule has 1 aromatic carbocycles. The fourth-order valence-corrected chi connectivity index (χ4v) is 4.51. The van der Waals surface area contributed by atoms with Gasteiger partial charge >= 0.3 is 12.0 Å². The summed E-state index contributed by atoms with van der Waals surface area (Å²) >= 11 is 0. The number of aromatic nitrogens is 1. The molecule has 0 radical (unpaired) electrons.